The fraction of sp³-hybridized carbons (Fsp3) is 0.750. The number of carbonyl (C=O) groups is 2. The van der Waals surface area contributed by atoms with Gasteiger partial charge in [-0.1, -0.05) is 31.5 Å². The Kier molecular flexibility index (Phi) is 3.66. The second kappa shape index (κ2) is 4.91. The molecule has 100 valence electrons. The maximum Gasteiger partial charge on any atom is 0.240 e. The van der Waals surface area contributed by atoms with Crippen LogP contribution in [0.15, 0.2) is 5.10 Å². The van der Waals surface area contributed by atoms with E-state index in [1.54, 1.807) is 5.01 Å². The van der Waals surface area contributed by atoms with E-state index in [0.29, 0.717) is 11.1 Å². The first-order valence-electron chi connectivity index (χ1n) is 6.32. The SMILES string of the molecule is CC(=O)NC1=NN(C(C)=O)C2(CCCCC2C)S1. The van der Waals surface area contributed by atoms with Gasteiger partial charge in [0.1, 0.15) is 4.87 Å². The van der Waals surface area contributed by atoms with Crippen LogP contribution >= 0.6 is 11.8 Å². The molecule has 1 N–H and O–H groups in total. The average Bonchev–Trinajstić information content (AvgIpc) is 2.62. The van der Waals surface area contributed by atoms with Crippen LogP contribution in [-0.2, 0) is 9.59 Å². The largest absolute Gasteiger partial charge is 0.304 e. The summed E-state index contributed by atoms with van der Waals surface area (Å²) >= 11 is 1.53. The predicted molar refractivity (Wildman–Crippen MR) is 71.7 cm³/mol. The maximum atomic E-state index is 11.8. The molecule has 2 atom stereocenters. The maximum absolute atomic E-state index is 11.8. The van der Waals surface area contributed by atoms with Crippen LogP contribution in [0.2, 0.25) is 0 Å². The second-order valence-electron chi connectivity index (χ2n) is 5.01. The average molecular weight is 269 g/mol. The topological polar surface area (TPSA) is 61.8 Å². The van der Waals surface area contributed by atoms with Crippen LogP contribution in [0.4, 0.5) is 0 Å². The highest BCUT2D eigenvalue weighted by Gasteiger charge is 2.50. The van der Waals surface area contributed by atoms with Crippen molar-refractivity contribution in [3.63, 3.8) is 0 Å². The van der Waals surface area contributed by atoms with Crippen molar-refractivity contribution in [2.45, 2.75) is 51.3 Å². The lowest BCUT2D eigenvalue weighted by atomic mass is 9.84. The summed E-state index contributed by atoms with van der Waals surface area (Å²) in [6, 6.07) is 0. The summed E-state index contributed by atoms with van der Waals surface area (Å²) in [6.07, 6.45) is 4.33. The van der Waals surface area contributed by atoms with Crippen LogP contribution in [-0.4, -0.2) is 26.9 Å². The first-order chi connectivity index (χ1) is 8.45. The number of hydrogen-bond donors (Lipinski definition) is 1. The molecule has 18 heavy (non-hydrogen) atoms. The lowest BCUT2D eigenvalue weighted by molar-refractivity contribution is -0.134. The van der Waals surface area contributed by atoms with E-state index in [0.717, 1.165) is 19.3 Å². The molecule has 2 amide bonds. The van der Waals surface area contributed by atoms with Gasteiger partial charge in [0, 0.05) is 13.8 Å². The first kappa shape index (κ1) is 13.4. The number of rotatable bonds is 0. The summed E-state index contributed by atoms with van der Waals surface area (Å²) in [5.74, 6) is 0.178. The molecule has 1 fully saturated rings. The Morgan fingerprint density at radius 1 is 1.44 bits per heavy atom. The Morgan fingerprint density at radius 3 is 2.72 bits per heavy atom. The van der Waals surface area contributed by atoms with Gasteiger partial charge in [0.15, 0.2) is 5.17 Å². The molecule has 2 rings (SSSR count). The fourth-order valence-electron chi connectivity index (χ4n) is 2.71. The lowest BCUT2D eigenvalue weighted by Gasteiger charge is -2.42. The van der Waals surface area contributed by atoms with Gasteiger partial charge >= 0.3 is 0 Å². The summed E-state index contributed by atoms with van der Waals surface area (Å²) in [7, 11) is 0. The van der Waals surface area contributed by atoms with Gasteiger partial charge in [0.25, 0.3) is 0 Å². The Labute approximate surface area is 111 Å². The van der Waals surface area contributed by atoms with Crippen LogP contribution in [0.1, 0.15) is 46.5 Å². The van der Waals surface area contributed by atoms with Crippen LogP contribution in [0, 0.1) is 5.92 Å². The van der Waals surface area contributed by atoms with E-state index in [9.17, 15) is 9.59 Å². The predicted octanol–water partition coefficient (Wildman–Crippen LogP) is 1.90. The van der Waals surface area contributed by atoms with Gasteiger partial charge in [0.05, 0.1) is 0 Å². The summed E-state index contributed by atoms with van der Waals surface area (Å²) in [5, 5.41) is 9.11. The van der Waals surface area contributed by atoms with E-state index in [4.69, 9.17) is 0 Å². The van der Waals surface area contributed by atoms with Crippen molar-refractivity contribution >= 4 is 28.7 Å². The fourth-order valence-corrected chi connectivity index (χ4v) is 4.18. The number of nitrogens with zero attached hydrogens (tertiary/aromatic N) is 2. The lowest BCUT2D eigenvalue weighted by Crippen LogP contribution is -2.49. The van der Waals surface area contributed by atoms with E-state index < -0.39 is 0 Å². The molecular weight excluding hydrogens is 250 g/mol. The highest BCUT2D eigenvalue weighted by atomic mass is 32.2. The van der Waals surface area contributed by atoms with Gasteiger partial charge in [-0.2, -0.15) is 0 Å². The smallest absolute Gasteiger partial charge is 0.240 e. The van der Waals surface area contributed by atoms with Gasteiger partial charge in [-0.3, -0.25) is 9.59 Å². The minimum Gasteiger partial charge on any atom is -0.304 e. The van der Waals surface area contributed by atoms with Gasteiger partial charge in [-0.25, -0.2) is 5.01 Å². The quantitative estimate of drug-likeness (QED) is 0.730. The Morgan fingerprint density at radius 2 is 2.17 bits per heavy atom. The zero-order valence-corrected chi connectivity index (χ0v) is 11.8. The highest BCUT2D eigenvalue weighted by Crippen LogP contribution is 2.50. The Balaban J connectivity index is 2.26. The monoisotopic (exact) mass is 269 g/mol. The minimum absolute atomic E-state index is 0.0587. The van der Waals surface area contributed by atoms with E-state index in [-0.39, 0.29) is 16.7 Å². The molecule has 1 heterocycles. The number of amides is 2. The van der Waals surface area contributed by atoms with Crippen molar-refractivity contribution in [2.75, 3.05) is 0 Å². The molecule has 0 aromatic rings. The van der Waals surface area contributed by atoms with Gasteiger partial charge < -0.3 is 5.32 Å². The number of amidine groups is 1. The number of nitrogens with one attached hydrogen (secondary N) is 1. The molecule has 6 heteroatoms. The van der Waals surface area contributed by atoms with Crippen molar-refractivity contribution < 1.29 is 9.59 Å². The van der Waals surface area contributed by atoms with Gasteiger partial charge in [0.2, 0.25) is 11.8 Å². The van der Waals surface area contributed by atoms with Gasteiger partial charge in [-0.15, -0.1) is 5.10 Å². The summed E-state index contributed by atoms with van der Waals surface area (Å²) in [5.41, 5.74) is 0. The molecule has 1 spiro atoms. The molecule has 2 aliphatic rings. The molecule has 0 saturated heterocycles. The summed E-state index contributed by atoms with van der Waals surface area (Å²) < 4.78 is 0. The molecule has 5 nitrogen and oxygen atoms in total. The standard InChI is InChI=1S/C12H19N3O2S/c1-8-6-4-5-7-12(8)15(10(3)17)14-11(18-12)13-9(2)16/h8H,4-7H2,1-3H3,(H,13,14,16). The molecule has 1 saturated carbocycles. The van der Waals surface area contributed by atoms with Crippen LogP contribution < -0.4 is 5.32 Å². The van der Waals surface area contributed by atoms with Crippen molar-refractivity contribution in [1.29, 1.82) is 0 Å². The Hall–Kier alpha value is -1.04. The molecule has 1 aliphatic heterocycles. The van der Waals surface area contributed by atoms with Crippen molar-refractivity contribution in [2.24, 2.45) is 11.0 Å². The first-order valence-corrected chi connectivity index (χ1v) is 7.13. The van der Waals surface area contributed by atoms with Crippen molar-refractivity contribution in [3.05, 3.63) is 0 Å². The number of hydrazone groups is 1. The molecule has 0 radical (unpaired) electrons. The third-order valence-electron chi connectivity index (χ3n) is 3.60. The zero-order valence-electron chi connectivity index (χ0n) is 11.0. The number of thioether (sulfide) groups is 1. The summed E-state index contributed by atoms with van der Waals surface area (Å²) in [6.45, 7) is 5.15. The normalized spacial score (nSPS) is 31.4. The molecule has 1 aliphatic carbocycles. The molecular formula is C12H19N3O2S. The van der Waals surface area contributed by atoms with E-state index in [2.05, 4.69) is 17.3 Å². The van der Waals surface area contributed by atoms with Gasteiger partial charge in [-0.05, 0) is 18.8 Å². The van der Waals surface area contributed by atoms with Crippen molar-refractivity contribution in [1.82, 2.24) is 10.3 Å². The summed E-state index contributed by atoms with van der Waals surface area (Å²) in [4.78, 5) is 22.6. The van der Waals surface area contributed by atoms with E-state index in [1.165, 1.54) is 32.0 Å². The molecule has 2 unspecified atom stereocenters. The van der Waals surface area contributed by atoms with E-state index in [1.807, 2.05) is 0 Å². The zero-order chi connectivity index (χ0) is 13.3. The van der Waals surface area contributed by atoms with Crippen molar-refractivity contribution in [3.8, 4) is 0 Å². The third-order valence-corrected chi connectivity index (χ3v) is 5.11. The van der Waals surface area contributed by atoms with E-state index >= 15 is 0 Å². The minimum atomic E-state index is -0.290. The number of hydrogen-bond acceptors (Lipinski definition) is 4. The molecule has 0 bridgehead atoms. The highest BCUT2D eigenvalue weighted by molar-refractivity contribution is 8.15. The molecule has 0 aromatic heterocycles. The third kappa shape index (κ3) is 2.25. The second-order valence-corrected chi connectivity index (χ2v) is 6.31. The Bertz CT molecular complexity index is 410. The number of carbonyl (C=O) groups excluding carboxylic acids is 2. The molecule has 0 aromatic carbocycles. The van der Waals surface area contributed by atoms with Crippen LogP contribution in [0.3, 0.4) is 0 Å². The van der Waals surface area contributed by atoms with Crippen LogP contribution in [0.5, 0.6) is 0 Å². The van der Waals surface area contributed by atoms with Crippen LogP contribution in [0.25, 0.3) is 0 Å².